The summed E-state index contributed by atoms with van der Waals surface area (Å²) in [5.41, 5.74) is 0.0116. The van der Waals surface area contributed by atoms with Gasteiger partial charge in [0.1, 0.15) is 23.3 Å². The van der Waals surface area contributed by atoms with Gasteiger partial charge in [-0.05, 0) is 50.2 Å². The summed E-state index contributed by atoms with van der Waals surface area (Å²) in [5.74, 6) is -1.31. The van der Waals surface area contributed by atoms with Crippen LogP contribution < -0.4 is 10.1 Å². The second-order valence-electron chi connectivity index (χ2n) is 6.82. The number of aromatic nitrogens is 2. The first kappa shape index (κ1) is 22.6. The summed E-state index contributed by atoms with van der Waals surface area (Å²) in [6, 6.07) is 9.61. The molecule has 0 spiro atoms. The molecule has 0 unspecified atom stereocenters. The van der Waals surface area contributed by atoms with Gasteiger partial charge in [-0.25, -0.2) is 9.07 Å². The van der Waals surface area contributed by atoms with E-state index in [4.69, 9.17) is 16.3 Å². The van der Waals surface area contributed by atoms with E-state index in [-0.39, 0.29) is 23.1 Å². The number of carbonyl (C=O) groups excluding carboxylic acids is 1. The van der Waals surface area contributed by atoms with Crippen molar-refractivity contribution in [1.82, 2.24) is 15.1 Å². The standard InChI is InChI=1S/C21H18ClF4N3O2/c1-12(11-31-17-6-4-3-5-16(17)21(24,25)26)27-20(30)18-13(2)28-29(19(18)22)15-9-7-14(23)8-10-15/h3-10,12H,11H2,1-2H3,(H,27,30)/t12-/m0/s1. The number of nitrogens with zero attached hydrogens (tertiary/aromatic N) is 2. The number of ether oxygens (including phenoxy) is 1. The molecular formula is C21H18ClF4N3O2. The molecular weight excluding hydrogens is 438 g/mol. The SMILES string of the molecule is Cc1nn(-c2ccc(F)cc2)c(Cl)c1C(=O)N[C@@H](C)COc1ccccc1C(F)(F)F. The normalized spacial score (nSPS) is 12.5. The summed E-state index contributed by atoms with van der Waals surface area (Å²) in [6.45, 7) is 2.98. The van der Waals surface area contributed by atoms with Gasteiger partial charge in [0, 0.05) is 0 Å². The molecule has 5 nitrogen and oxygen atoms in total. The Labute approximate surface area is 180 Å². The highest BCUT2D eigenvalue weighted by Crippen LogP contribution is 2.35. The predicted octanol–water partition coefficient (Wildman–Crippen LogP) is 5.19. The number of carbonyl (C=O) groups is 1. The Balaban J connectivity index is 1.70. The van der Waals surface area contributed by atoms with E-state index in [9.17, 15) is 22.4 Å². The summed E-state index contributed by atoms with van der Waals surface area (Å²) < 4.78 is 58.9. The lowest BCUT2D eigenvalue weighted by molar-refractivity contribution is -0.139. The number of hydrogen-bond donors (Lipinski definition) is 1. The molecule has 1 atom stereocenters. The molecule has 10 heteroatoms. The highest BCUT2D eigenvalue weighted by atomic mass is 35.5. The van der Waals surface area contributed by atoms with Crippen LogP contribution in [0.2, 0.25) is 5.15 Å². The molecule has 0 bridgehead atoms. The van der Waals surface area contributed by atoms with Crippen LogP contribution in [-0.4, -0.2) is 28.3 Å². The lowest BCUT2D eigenvalue weighted by Gasteiger charge is -2.18. The zero-order valence-corrected chi connectivity index (χ0v) is 17.3. The second-order valence-corrected chi connectivity index (χ2v) is 7.18. The van der Waals surface area contributed by atoms with Crippen LogP contribution in [0.1, 0.15) is 28.5 Å². The van der Waals surface area contributed by atoms with Crippen LogP contribution in [0.3, 0.4) is 0 Å². The average Bonchev–Trinajstić information content (AvgIpc) is 3.00. The minimum Gasteiger partial charge on any atom is -0.491 e. The summed E-state index contributed by atoms with van der Waals surface area (Å²) >= 11 is 6.32. The second kappa shape index (κ2) is 8.97. The van der Waals surface area contributed by atoms with Crippen LogP contribution in [-0.2, 0) is 6.18 Å². The highest BCUT2D eigenvalue weighted by Gasteiger charge is 2.34. The lowest BCUT2D eigenvalue weighted by Crippen LogP contribution is -2.37. The first-order valence-corrected chi connectivity index (χ1v) is 9.56. The summed E-state index contributed by atoms with van der Waals surface area (Å²) in [7, 11) is 0. The van der Waals surface area contributed by atoms with E-state index in [1.54, 1.807) is 13.8 Å². The molecule has 0 aliphatic carbocycles. The topological polar surface area (TPSA) is 56.2 Å². The van der Waals surface area contributed by atoms with E-state index in [1.807, 2.05) is 0 Å². The Morgan fingerprint density at radius 3 is 2.48 bits per heavy atom. The van der Waals surface area contributed by atoms with E-state index >= 15 is 0 Å². The molecule has 0 saturated heterocycles. The predicted molar refractivity (Wildman–Crippen MR) is 107 cm³/mol. The number of rotatable bonds is 6. The van der Waals surface area contributed by atoms with Crippen LogP contribution >= 0.6 is 11.6 Å². The van der Waals surface area contributed by atoms with Crippen molar-refractivity contribution in [1.29, 1.82) is 0 Å². The quantitative estimate of drug-likeness (QED) is 0.520. The summed E-state index contributed by atoms with van der Waals surface area (Å²) in [6.07, 6.45) is -4.55. The molecule has 164 valence electrons. The molecule has 0 aliphatic heterocycles. The molecule has 3 aromatic rings. The van der Waals surface area contributed by atoms with Crippen molar-refractivity contribution in [2.24, 2.45) is 0 Å². The molecule has 1 N–H and O–H groups in total. The van der Waals surface area contributed by atoms with Crippen molar-refractivity contribution >= 4 is 17.5 Å². The fraction of sp³-hybridized carbons (Fsp3) is 0.238. The third-order valence-corrected chi connectivity index (χ3v) is 4.71. The number of benzene rings is 2. The number of halogens is 5. The molecule has 0 fully saturated rings. The number of alkyl halides is 3. The van der Waals surface area contributed by atoms with Crippen LogP contribution in [0.15, 0.2) is 48.5 Å². The van der Waals surface area contributed by atoms with Gasteiger partial charge in [-0.3, -0.25) is 4.79 Å². The van der Waals surface area contributed by atoms with E-state index in [1.165, 1.54) is 47.1 Å². The maximum absolute atomic E-state index is 13.1. The van der Waals surface area contributed by atoms with Gasteiger partial charge in [-0.15, -0.1) is 0 Å². The third-order valence-electron chi connectivity index (χ3n) is 4.36. The van der Waals surface area contributed by atoms with E-state index < -0.39 is 29.5 Å². The van der Waals surface area contributed by atoms with Gasteiger partial charge >= 0.3 is 6.18 Å². The van der Waals surface area contributed by atoms with Gasteiger partial charge in [0.25, 0.3) is 5.91 Å². The van der Waals surface area contributed by atoms with E-state index in [0.29, 0.717) is 11.4 Å². The first-order valence-electron chi connectivity index (χ1n) is 9.19. The molecule has 0 aliphatic rings. The van der Waals surface area contributed by atoms with Crippen molar-refractivity contribution < 1.29 is 27.1 Å². The van der Waals surface area contributed by atoms with Crippen LogP contribution in [0.5, 0.6) is 5.75 Å². The largest absolute Gasteiger partial charge is 0.491 e. The van der Waals surface area contributed by atoms with Crippen molar-refractivity contribution in [2.45, 2.75) is 26.1 Å². The van der Waals surface area contributed by atoms with Gasteiger partial charge in [0.2, 0.25) is 0 Å². The fourth-order valence-electron chi connectivity index (χ4n) is 2.89. The number of para-hydroxylation sites is 1. The molecule has 1 amide bonds. The monoisotopic (exact) mass is 455 g/mol. The smallest absolute Gasteiger partial charge is 0.419 e. The van der Waals surface area contributed by atoms with Crippen molar-refractivity contribution in [3.8, 4) is 11.4 Å². The Morgan fingerprint density at radius 2 is 1.84 bits per heavy atom. The maximum Gasteiger partial charge on any atom is 0.419 e. The van der Waals surface area contributed by atoms with Gasteiger partial charge in [0.15, 0.2) is 0 Å². The van der Waals surface area contributed by atoms with Crippen molar-refractivity contribution in [3.63, 3.8) is 0 Å². The van der Waals surface area contributed by atoms with Crippen LogP contribution in [0, 0.1) is 12.7 Å². The minimum atomic E-state index is -4.55. The Hall–Kier alpha value is -3.07. The Morgan fingerprint density at radius 1 is 1.19 bits per heavy atom. The van der Waals surface area contributed by atoms with Crippen LogP contribution in [0.4, 0.5) is 17.6 Å². The zero-order chi connectivity index (χ0) is 22.8. The molecule has 3 rings (SSSR count). The van der Waals surface area contributed by atoms with Crippen molar-refractivity contribution in [2.75, 3.05) is 6.61 Å². The molecule has 2 aromatic carbocycles. The fourth-order valence-corrected chi connectivity index (χ4v) is 3.25. The van der Waals surface area contributed by atoms with E-state index in [2.05, 4.69) is 10.4 Å². The zero-order valence-electron chi connectivity index (χ0n) is 16.5. The number of amides is 1. The number of aryl methyl sites for hydroxylation is 1. The molecule has 1 heterocycles. The van der Waals surface area contributed by atoms with Crippen LogP contribution in [0.25, 0.3) is 5.69 Å². The molecule has 0 radical (unpaired) electrons. The molecule has 31 heavy (non-hydrogen) atoms. The van der Waals surface area contributed by atoms with Gasteiger partial charge < -0.3 is 10.1 Å². The molecule has 1 aromatic heterocycles. The average molecular weight is 456 g/mol. The first-order chi connectivity index (χ1) is 14.6. The highest BCUT2D eigenvalue weighted by molar-refractivity contribution is 6.33. The molecule has 0 saturated carbocycles. The number of hydrogen-bond acceptors (Lipinski definition) is 3. The third kappa shape index (κ3) is 5.16. The maximum atomic E-state index is 13.1. The Kier molecular flexibility index (Phi) is 6.54. The summed E-state index contributed by atoms with van der Waals surface area (Å²) in [4.78, 5) is 12.7. The van der Waals surface area contributed by atoms with Gasteiger partial charge in [-0.2, -0.15) is 18.3 Å². The Bertz CT molecular complexity index is 1080. The van der Waals surface area contributed by atoms with Crippen molar-refractivity contribution in [3.05, 3.63) is 76.3 Å². The summed E-state index contributed by atoms with van der Waals surface area (Å²) in [5, 5.41) is 6.88. The van der Waals surface area contributed by atoms with Gasteiger partial charge in [0.05, 0.1) is 28.6 Å². The van der Waals surface area contributed by atoms with Gasteiger partial charge in [-0.1, -0.05) is 23.7 Å². The lowest BCUT2D eigenvalue weighted by atomic mass is 10.2. The van der Waals surface area contributed by atoms with E-state index in [0.717, 1.165) is 6.07 Å². The number of nitrogens with one attached hydrogen (secondary N) is 1. The minimum absolute atomic E-state index is 0.0251.